The zero-order chi connectivity index (χ0) is 17.1. The number of aromatic hydroxyl groups is 1. The van der Waals surface area contributed by atoms with Crippen LogP contribution in [0.5, 0.6) is 5.88 Å². The van der Waals surface area contributed by atoms with Crippen LogP contribution in [0.25, 0.3) is 10.2 Å². The number of nitrogens with two attached hydrogens (primary N) is 1. The molecule has 0 aromatic carbocycles. The van der Waals surface area contributed by atoms with E-state index in [2.05, 4.69) is 15.3 Å². The molecule has 9 heteroatoms. The van der Waals surface area contributed by atoms with E-state index in [0.717, 1.165) is 12.8 Å². The number of nitrogens with zero attached hydrogens (tertiary/aromatic N) is 3. The molecule has 0 aliphatic carbocycles. The summed E-state index contributed by atoms with van der Waals surface area (Å²) in [5.41, 5.74) is 6.48. The number of hydrogen-bond donors (Lipinski definition) is 3. The van der Waals surface area contributed by atoms with Crippen molar-refractivity contribution in [2.75, 3.05) is 32.2 Å². The molecule has 0 unspecified atom stereocenters. The highest BCUT2D eigenvalue weighted by Crippen LogP contribution is 2.32. The Hall–Kier alpha value is -1.97. The number of aromatic nitrogens is 2. The van der Waals surface area contributed by atoms with Gasteiger partial charge in [0.05, 0.1) is 12.3 Å². The normalized spacial score (nSPS) is 16.0. The summed E-state index contributed by atoms with van der Waals surface area (Å²) in [6.07, 6.45) is 1.76. The average Bonchev–Trinajstić information content (AvgIpc) is 2.99. The van der Waals surface area contributed by atoms with Crippen LogP contribution < -0.4 is 11.1 Å². The quantitative estimate of drug-likeness (QED) is 0.547. The van der Waals surface area contributed by atoms with Crippen molar-refractivity contribution in [3.8, 4) is 5.88 Å². The maximum Gasteiger partial charge on any atom is 0.256 e. The van der Waals surface area contributed by atoms with Crippen LogP contribution in [-0.2, 0) is 4.74 Å². The van der Waals surface area contributed by atoms with Gasteiger partial charge in [-0.05, 0) is 19.8 Å². The number of ether oxygens (including phenoxy) is 1. The molecule has 130 valence electrons. The number of fused-ring (bicyclic) bond motifs is 1. The minimum atomic E-state index is -0.180. The molecule has 0 bridgehead atoms. The maximum atomic E-state index is 12.8. The third kappa shape index (κ3) is 3.42. The summed E-state index contributed by atoms with van der Waals surface area (Å²) >= 11 is 1.25. The molecule has 8 nitrogen and oxygen atoms in total. The summed E-state index contributed by atoms with van der Waals surface area (Å²) in [7, 11) is 0. The number of piperidine rings is 1. The molecule has 1 amide bonds. The number of hydrogen-bond acceptors (Lipinski definition) is 8. The summed E-state index contributed by atoms with van der Waals surface area (Å²) < 4.78 is 5.79. The molecule has 1 aliphatic heterocycles. The Bertz CT molecular complexity index is 727. The minimum Gasteiger partial charge on any atom is -0.492 e. The lowest BCUT2D eigenvalue weighted by Gasteiger charge is -2.32. The Morgan fingerprint density at radius 2 is 2.25 bits per heavy atom. The second kappa shape index (κ2) is 7.29. The van der Waals surface area contributed by atoms with E-state index in [4.69, 9.17) is 10.5 Å². The first-order valence-electron chi connectivity index (χ1n) is 7.94. The van der Waals surface area contributed by atoms with Gasteiger partial charge >= 0.3 is 0 Å². The second-order valence-corrected chi connectivity index (χ2v) is 6.52. The lowest BCUT2D eigenvalue weighted by atomic mass is 10.0. The third-order valence-electron chi connectivity index (χ3n) is 4.11. The summed E-state index contributed by atoms with van der Waals surface area (Å²) in [4.78, 5) is 22.4. The molecule has 1 saturated heterocycles. The number of carbonyl (C=O) groups excluding carboxylic acids is 1. The summed E-state index contributed by atoms with van der Waals surface area (Å²) in [5, 5.41) is 14.9. The summed E-state index contributed by atoms with van der Waals surface area (Å²) in [5.74, 6) is -0.298. The van der Waals surface area contributed by atoms with Crippen molar-refractivity contribution in [3.05, 3.63) is 10.9 Å². The van der Waals surface area contributed by atoms with Crippen LogP contribution in [0.1, 0.15) is 30.1 Å². The molecule has 1 fully saturated rings. The van der Waals surface area contributed by atoms with Gasteiger partial charge in [0.15, 0.2) is 0 Å². The molecule has 3 heterocycles. The molecular formula is C15H21N5O3S. The molecule has 0 saturated carbocycles. The standard InChI is InChI=1S/C15H21N5O3S/c1-2-23-8-17-9-3-5-20(6-4-9)14(22)10-7-24-12-11(10)18-15(16)19-13(12)21/h7,9,17H,2-6,8H2,1H3,(H3,16,18,19,21). The first-order chi connectivity index (χ1) is 11.6. The molecular weight excluding hydrogens is 330 g/mol. The van der Waals surface area contributed by atoms with Crippen LogP contribution in [0.3, 0.4) is 0 Å². The van der Waals surface area contributed by atoms with Gasteiger partial charge in [0.1, 0.15) is 10.2 Å². The fraction of sp³-hybridized carbons (Fsp3) is 0.533. The predicted octanol–water partition coefficient (Wildman–Crippen LogP) is 1.17. The first kappa shape index (κ1) is 16.9. The Morgan fingerprint density at radius 3 is 2.96 bits per heavy atom. The van der Waals surface area contributed by atoms with Crippen LogP contribution in [-0.4, -0.2) is 58.4 Å². The van der Waals surface area contributed by atoms with Crippen molar-refractivity contribution in [1.82, 2.24) is 20.2 Å². The Labute approximate surface area is 143 Å². The number of carbonyl (C=O) groups is 1. The minimum absolute atomic E-state index is 0.0358. The van der Waals surface area contributed by atoms with E-state index in [1.807, 2.05) is 11.8 Å². The van der Waals surface area contributed by atoms with Gasteiger partial charge in [-0.15, -0.1) is 11.3 Å². The van der Waals surface area contributed by atoms with Crippen molar-refractivity contribution >= 4 is 33.4 Å². The van der Waals surface area contributed by atoms with Gasteiger partial charge in [0, 0.05) is 31.1 Å². The molecule has 0 radical (unpaired) electrons. The van der Waals surface area contributed by atoms with Gasteiger partial charge in [-0.25, -0.2) is 4.98 Å². The number of nitrogen functional groups attached to an aromatic ring is 1. The van der Waals surface area contributed by atoms with Crippen molar-refractivity contribution in [2.24, 2.45) is 0 Å². The average molecular weight is 351 g/mol. The van der Waals surface area contributed by atoms with Gasteiger partial charge in [0.2, 0.25) is 11.8 Å². The molecule has 3 rings (SSSR count). The monoisotopic (exact) mass is 351 g/mol. The molecule has 2 aromatic rings. The fourth-order valence-corrected chi connectivity index (χ4v) is 3.67. The van der Waals surface area contributed by atoms with Crippen LogP contribution in [0.15, 0.2) is 5.38 Å². The van der Waals surface area contributed by atoms with Gasteiger partial charge < -0.3 is 20.5 Å². The lowest BCUT2D eigenvalue weighted by Crippen LogP contribution is -2.45. The van der Waals surface area contributed by atoms with Crippen LogP contribution in [0, 0.1) is 0 Å². The second-order valence-electron chi connectivity index (χ2n) is 5.64. The Kier molecular flexibility index (Phi) is 5.12. The lowest BCUT2D eigenvalue weighted by molar-refractivity contribution is 0.0673. The number of likely N-dealkylation sites (tertiary alicyclic amines) is 1. The van der Waals surface area contributed by atoms with E-state index >= 15 is 0 Å². The van der Waals surface area contributed by atoms with Gasteiger partial charge in [0.25, 0.3) is 5.91 Å². The van der Waals surface area contributed by atoms with E-state index in [1.165, 1.54) is 11.3 Å². The van der Waals surface area contributed by atoms with Gasteiger partial charge in [-0.2, -0.15) is 4.98 Å². The maximum absolute atomic E-state index is 12.8. The largest absolute Gasteiger partial charge is 0.492 e. The smallest absolute Gasteiger partial charge is 0.256 e. The van der Waals surface area contributed by atoms with Gasteiger partial charge in [-0.3, -0.25) is 10.1 Å². The first-order valence-corrected chi connectivity index (χ1v) is 8.82. The topological polar surface area (TPSA) is 114 Å². The highest BCUT2D eigenvalue weighted by Gasteiger charge is 2.26. The van der Waals surface area contributed by atoms with Crippen molar-refractivity contribution in [1.29, 1.82) is 0 Å². The van der Waals surface area contributed by atoms with Crippen LogP contribution in [0.2, 0.25) is 0 Å². The fourth-order valence-electron chi connectivity index (χ4n) is 2.81. The zero-order valence-electron chi connectivity index (χ0n) is 13.5. The van der Waals surface area contributed by atoms with Crippen molar-refractivity contribution in [3.63, 3.8) is 0 Å². The molecule has 2 aromatic heterocycles. The summed E-state index contributed by atoms with van der Waals surface area (Å²) in [6, 6.07) is 0.363. The van der Waals surface area contributed by atoms with E-state index in [9.17, 15) is 9.90 Å². The number of amides is 1. The molecule has 0 spiro atoms. The molecule has 4 N–H and O–H groups in total. The highest BCUT2D eigenvalue weighted by atomic mass is 32.1. The highest BCUT2D eigenvalue weighted by molar-refractivity contribution is 7.17. The third-order valence-corrected chi connectivity index (χ3v) is 5.07. The van der Waals surface area contributed by atoms with Crippen LogP contribution in [0.4, 0.5) is 5.95 Å². The number of rotatable bonds is 5. The van der Waals surface area contributed by atoms with Crippen molar-refractivity contribution < 1.29 is 14.6 Å². The molecule has 1 aliphatic rings. The van der Waals surface area contributed by atoms with Crippen LogP contribution >= 0.6 is 11.3 Å². The SMILES string of the molecule is CCOCNC1CCN(C(=O)c2csc3c(O)nc(N)nc23)CC1. The van der Waals surface area contributed by atoms with E-state index in [-0.39, 0.29) is 17.7 Å². The van der Waals surface area contributed by atoms with Crippen molar-refractivity contribution in [2.45, 2.75) is 25.8 Å². The molecule has 0 atom stereocenters. The number of thiophene rings is 1. The zero-order valence-corrected chi connectivity index (χ0v) is 14.3. The predicted molar refractivity (Wildman–Crippen MR) is 92.0 cm³/mol. The Balaban J connectivity index is 1.68. The van der Waals surface area contributed by atoms with Gasteiger partial charge in [-0.1, -0.05) is 0 Å². The van der Waals surface area contributed by atoms with E-state index in [1.54, 1.807) is 5.38 Å². The summed E-state index contributed by atoms with van der Waals surface area (Å²) in [6.45, 7) is 4.54. The van der Waals surface area contributed by atoms with E-state index < -0.39 is 0 Å². The van der Waals surface area contributed by atoms with E-state index in [0.29, 0.717) is 48.2 Å². The number of nitrogens with one attached hydrogen (secondary N) is 1. The number of anilines is 1. The molecule has 24 heavy (non-hydrogen) atoms. The Morgan fingerprint density at radius 1 is 1.50 bits per heavy atom.